The van der Waals surface area contributed by atoms with Crippen LogP contribution in [0.1, 0.15) is 32.5 Å². The number of aromatic nitrogens is 3. The molecule has 1 aromatic rings. The maximum absolute atomic E-state index is 10.6. The number of nitrogen functional groups attached to an aromatic ring is 1. The summed E-state index contributed by atoms with van der Waals surface area (Å²) in [5.41, 5.74) is 0. The third kappa shape index (κ3) is 2.62. The van der Waals surface area contributed by atoms with Gasteiger partial charge in [-0.05, 0) is 6.92 Å². The molecule has 3 N–H and O–H groups in total. The molecule has 0 spiro atoms. The molecule has 0 aliphatic rings. The van der Waals surface area contributed by atoms with E-state index in [9.17, 15) is 4.79 Å². The Balaban J connectivity index is 2.83. The van der Waals surface area contributed by atoms with Crippen LogP contribution in [0.3, 0.4) is 0 Å². The first-order chi connectivity index (χ1) is 6.93. The summed E-state index contributed by atoms with van der Waals surface area (Å²) >= 11 is 1.08. The molecule has 0 fully saturated rings. The maximum Gasteiger partial charge on any atom is 0.316 e. The zero-order chi connectivity index (χ0) is 11.6. The Morgan fingerprint density at radius 2 is 2.07 bits per heavy atom. The quantitative estimate of drug-likeness (QED) is 0.583. The predicted molar refractivity (Wildman–Crippen MR) is 57.2 cm³/mol. The smallest absolute Gasteiger partial charge is 0.316 e. The molecular weight excluding hydrogens is 216 g/mol. The Morgan fingerprint density at radius 1 is 1.47 bits per heavy atom. The Hall–Kier alpha value is -1.24. The molecule has 0 aliphatic carbocycles. The lowest BCUT2D eigenvalue weighted by molar-refractivity contribution is -0.136. The van der Waals surface area contributed by atoms with Gasteiger partial charge in [0.2, 0.25) is 5.16 Å². The number of carboxylic acid groups (broad SMARTS) is 1. The summed E-state index contributed by atoms with van der Waals surface area (Å²) in [6.07, 6.45) is 0. The van der Waals surface area contributed by atoms with Gasteiger partial charge in [-0.15, -0.1) is 10.2 Å². The van der Waals surface area contributed by atoms with Crippen molar-refractivity contribution in [3.63, 3.8) is 0 Å². The largest absolute Gasteiger partial charge is 0.480 e. The molecule has 6 nitrogen and oxygen atoms in total. The lowest BCUT2D eigenvalue weighted by atomic mass is 10.2. The second-order valence-corrected chi connectivity index (χ2v) is 4.77. The van der Waals surface area contributed by atoms with Gasteiger partial charge >= 0.3 is 5.97 Å². The molecule has 1 rings (SSSR count). The first-order valence-corrected chi connectivity index (χ1v) is 5.41. The van der Waals surface area contributed by atoms with Gasteiger partial charge in [-0.1, -0.05) is 25.6 Å². The van der Waals surface area contributed by atoms with Gasteiger partial charge in [0.05, 0.1) is 0 Å². The van der Waals surface area contributed by atoms with Crippen LogP contribution >= 0.6 is 11.8 Å². The number of thioether (sulfide) groups is 1. The fourth-order valence-electron chi connectivity index (χ4n) is 0.971. The van der Waals surface area contributed by atoms with E-state index in [0.29, 0.717) is 11.0 Å². The van der Waals surface area contributed by atoms with Crippen molar-refractivity contribution in [3.05, 3.63) is 5.82 Å². The van der Waals surface area contributed by atoms with Gasteiger partial charge in [0.25, 0.3) is 0 Å². The van der Waals surface area contributed by atoms with Crippen molar-refractivity contribution in [2.24, 2.45) is 0 Å². The lowest BCUT2D eigenvalue weighted by Crippen LogP contribution is -2.18. The number of carbonyl (C=O) groups is 1. The Morgan fingerprint density at radius 3 is 2.47 bits per heavy atom. The SMILES string of the molecule is CC(Sc1nnc(C(C)C)n1N)C(=O)O. The molecule has 7 heteroatoms. The zero-order valence-electron chi connectivity index (χ0n) is 8.84. The summed E-state index contributed by atoms with van der Waals surface area (Å²) in [4.78, 5) is 10.6. The first kappa shape index (κ1) is 11.8. The number of hydrogen-bond acceptors (Lipinski definition) is 5. The minimum Gasteiger partial charge on any atom is -0.480 e. The van der Waals surface area contributed by atoms with Crippen molar-refractivity contribution in [2.45, 2.75) is 37.1 Å². The molecule has 1 atom stereocenters. The monoisotopic (exact) mass is 230 g/mol. The summed E-state index contributed by atoms with van der Waals surface area (Å²) in [6, 6.07) is 0. The Labute approximate surface area is 91.8 Å². The van der Waals surface area contributed by atoms with Gasteiger partial charge in [-0.25, -0.2) is 4.68 Å². The van der Waals surface area contributed by atoms with Crippen LogP contribution in [0, 0.1) is 0 Å². The molecule has 15 heavy (non-hydrogen) atoms. The summed E-state index contributed by atoms with van der Waals surface area (Å²) in [5, 5.41) is 16.3. The molecule has 1 aromatic heterocycles. The van der Waals surface area contributed by atoms with Crippen molar-refractivity contribution < 1.29 is 9.90 Å². The molecule has 0 saturated carbocycles. The standard InChI is InChI=1S/C8H14N4O2S/c1-4(2)6-10-11-8(12(6)9)15-5(3)7(13)14/h4-5H,9H2,1-3H3,(H,13,14). The van der Waals surface area contributed by atoms with Crippen LogP contribution in [-0.2, 0) is 4.79 Å². The van der Waals surface area contributed by atoms with E-state index in [1.807, 2.05) is 13.8 Å². The van der Waals surface area contributed by atoms with Crippen molar-refractivity contribution in [1.29, 1.82) is 0 Å². The van der Waals surface area contributed by atoms with E-state index in [1.165, 1.54) is 4.68 Å². The minimum atomic E-state index is -0.894. The molecule has 0 radical (unpaired) electrons. The molecular formula is C8H14N4O2S. The highest BCUT2D eigenvalue weighted by atomic mass is 32.2. The molecule has 0 aromatic carbocycles. The van der Waals surface area contributed by atoms with Crippen LogP contribution in [0.5, 0.6) is 0 Å². The van der Waals surface area contributed by atoms with E-state index in [2.05, 4.69) is 10.2 Å². The van der Waals surface area contributed by atoms with Gasteiger partial charge in [-0.2, -0.15) is 0 Å². The third-order valence-corrected chi connectivity index (χ3v) is 2.88. The average Bonchev–Trinajstić information content (AvgIpc) is 2.48. The van der Waals surface area contributed by atoms with Gasteiger partial charge in [0, 0.05) is 5.92 Å². The van der Waals surface area contributed by atoms with E-state index in [0.717, 1.165) is 11.8 Å². The molecule has 84 valence electrons. The van der Waals surface area contributed by atoms with Crippen molar-refractivity contribution in [2.75, 3.05) is 5.84 Å². The average molecular weight is 230 g/mol. The van der Waals surface area contributed by atoms with E-state index in [1.54, 1.807) is 6.92 Å². The molecule has 1 heterocycles. The normalized spacial score (nSPS) is 13.1. The second kappa shape index (κ2) is 4.52. The summed E-state index contributed by atoms with van der Waals surface area (Å²) in [7, 11) is 0. The zero-order valence-corrected chi connectivity index (χ0v) is 9.65. The van der Waals surface area contributed by atoms with Gasteiger partial charge in [0.1, 0.15) is 5.25 Å². The highest BCUT2D eigenvalue weighted by Crippen LogP contribution is 2.22. The number of rotatable bonds is 4. The number of hydrogen-bond donors (Lipinski definition) is 2. The highest BCUT2D eigenvalue weighted by Gasteiger charge is 2.19. The van der Waals surface area contributed by atoms with Gasteiger partial charge in [0.15, 0.2) is 5.82 Å². The number of nitrogens with two attached hydrogens (primary N) is 1. The fraction of sp³-hybridized carbons (Fsp3) is 0.625. The van der Waals surface area contributed by atoms with E-state index < -0.39 is 11.2 Å². The van der Waals surface area contributed by atoms with Gasteiger partial charge in [-0.3, -0.25) is 4.79 Å². The van der Waals surface area contributed by atoms with Gasteiger partial charge < -0.3 is 10.9 Å². The number of carboxylic acids is 1. The van der Waals surface area contributed by atoms with Crippen LogP contribution in [0.25, 0.3) is 0 Å². The van der Waals surface area contributed by atoms with Crippen LogP contribution < -0.4 is 5.84 Å². The fourth-order valence-corrected chi connectivity index (χ4v) is 1.68. The number of aliphatic carboxylic acids is 1. The molecule has 0 bridgehead atoms. The molecule has 0 amide bonds. The van der Waals surface area contributed by atoms with Crippen molar-refractivity contribution >= 4 is 17.7 Å². The van der Waals surface area contributed by atoms with E-state index in [-0.39, 0.29) is 5.92 Å². The second-order valence-electron chi connectivity index (χ2n) is 3.46. The predicted octanol–water partition coefficient (Wildman–Crippen LogP) is 0.681. The van der Waals surface area contributed by atoms with Crippen LogP contribution in [0.4, 0.5) is 0 Å². The Bertz CT molecular complexity index is 364. The Kier molecular flexibility index (Phi) is 3.57. The maximum atomic E-state index is 10.6. The van der Waals surface area contributed by atoms with E-state index in [4.69, 9.17) is 10.9 Å². The van der Waals surface area contributed by atoms with Crippen LogP contribution in [-0.4, -0.2) is 31.2 Å². The summed E-state index contributed by atoms with van der Waals surface area (Å²) < 4.78 is 1.34. The topological polar surface area (TPSA) is 94.0 Å². The molecule has 1 unspecified atom stereocenters. The third-order valence-electron chi connectivity index (χ3n) is 1.84. The molecule has 0 aliphatic heterocycles. The lowest BCUT2D eigenvalue weighted by Gasteiger charge is -2.07. The number of nitrogens with zero attached hydrogens (tertiary/aromatic N) is 3. The van der Waals surface area contributed by atoms with Crippen molar-refractivity contribution in [1.82, 2.24) is 14.9 Å². The van der Waals surface area contributed by atoms with Crippen LogP contribution in [0.2, 0.25) is 0 Å². The van der Waals surface area contributed by atoms with Crippen LogP contribution in [0.15, 0.2) is 5.16 Å². The molecule has 0 saturated heterocycles. The van der Waals surface area contributed by atoms with Crippen molar-refractivity contribution in [3.8, 4) is 0 Å². The summed E-state index contributed by atoms with van der Waals surface area (Å²) in [6.45, 7) is 5.47. The minimum absolute atomic E-state index is 0.164. The van der Waals surface area contributed by atoms with E-state index >= 15 is 0 Å². The highest BCUT2D eigenvalue weighted by molar-refractivity contribution is 8.00. The summed E-state index contributed by atoms with van der Waals surface area (Å²) in [5.74, 6) is 5.65. The first-order valence-electron chi connectivity index (χ1n) is 4.53.